The molecule has 4 aromatic rings. The highest BCUT2D eigenvalue weighted by Crippen LogP contribution is 2.50. The van der Waals surface area contributed by atoms with Crippen molar-refractivity contribution in [3.63, 3.8) is 0 Å². The van der Waals surface area contributed by atoms with Crippen LogP contribution in [-0.4, -0.2) is 13.3 Å². The Morgan fingerprint density at radius 1 is 0.975 bits per heavy atom. The van der Waals surface area contributed by atoms with Crippen molar-refractivity contribution in [2.45, 2.75) is 31.9 Å². The van der Waals surface area contributed by atoms with Gasteiger partial charge in [0, 0.05) is 22.8 Å². The molecule has 0 saturated heterocycles. The number of halogens is 2. The number of fused-ring (bicyclic) bond motifs is 3. The van der Waals surface area contributed by atoms with Crippen LogP contribution in [0.4, 0.5) is 11.4 Å². The molecule has 0 saturated carbocycles. The van der Waals surface area contributed by atoms with Crippen LogP contribution in [0.15, 0.2) is 96.0 Å². The summed E-state index contributed by atoms with van der Waals surface area (Å²) >= 11 is 12.6. The molecule has 6 heteroatoms. The van der Waals surface area contributed by atoms with E-state index in [0.717, 1.165) is 23.2 Å². The summed E-state index contributed by atoms with van der Waals surface area (Å²) in [5, 5.41) is 4.96. The Labute approximate surface area is 245 Å². The van der Waals surface area contributed by atoms with Crippen molar-refractivity contribution in [3.05, 3.63) is 129 Å². The van der Waals surface area contributed by atoms with Crippen molar-refractivity contribution in [3.8, 4) is 11.5 Å². The predicted molar refractivity (Wildman–Crippen MR) is 165 cm³/mol. The predicted octanol–water partition coefficient (Wildman–Crippen LogP) is 9.47. The molecular weight excluding hydrogens is 539 g/mol. The van der Waals surface area contributed by atoms with E-state index < -0.39 is 0 Å². The molecule has 0 radical (unpaired) electrons. The smallest absolute Gasteiger partial charge is 0.180 e. The fourth-order valence-electron chi connectivity index (χ4n) is 5.65. The van der Waals surface area contributed by atoms with Gasteiger partial charge in [0.25, 0.3) is 0 Å². The van der Waals surface area contributed by atoms with Crippen molar-refractivity contribution in [2.75, 3.05) is 12.4 Å². The molecule has 3 atom stereocenters. The molecule has 1 heterocycles. The topological polar surface area (TPSA) is 42.8 Å². The van der Waals surface area contributed by atoms with Gasteiger partial charge in [0.05, 0.1) is 23.9 Å². The molecule has 0 bridgehead atoms. The maximum atomic E-state index is 6.58. The highest BCUT2D eigenvalue weighted by Gasteiger charge is 2.37. The number of hydrogen-bond donors (Lipinski definition) is 1. The lowest BCUT2D eigenvalue weighted by Gasteiger charge is -2.37. The molecule has 0 unspecified atom stereocenters. The average molecular weight is 570 g/mol. The molecule has 4 aromatic carbocycles. The van der Waals surface area contributed by atoms with E-state index in [-0.39, 0.29) is 6.04 Å². The maximum Gasteiger partial charge on any atom is 0.180 e. The summed E-state index contributed by atoms with van der Waals surface area (Å²) in [5.41, 5.74) is 7.90. The lowest BCUT2D eigenvalue weighted by Crippen LogP contribution is -2.29. The van der Waals surface area contributed by atoms with Gasteiger partial charge in [-0.25, -0.2) is 0 Å². The molecule has 1 aliphatic heterocycles. The second-order valence-corrected chi connectivity index (χ2v) is 11.2. The molecule has 2 aliphatic rings. The molecule has 0 fully saturated rings. The number of rotatable bonds is 7. The van der Waals surface area contributed by atoms with Crippen LogP contribution in [0.25, 0.3) is 0 Å². The molecule has 1 N–H and O–H groups in total. The van der Waals surface area contributed by atoms with Gasteiger partial charge in [-0.1, -0.05) is 77.3 Å². The number of anilines is 1. The number of methoxy groups -OCH3 is 1. The lowest BCUT2D eigenvalue weighted by atomic mass is 9.76. The van der Waals surface area contributed by atoms with Crippen LogP contribution < -0.4 is 14.8 Å². The molecule has 4 nitrogen and oxygen atoms in total. The Balaban J connectivity index is 1.16. The molecule has 6 rings (SSSR count). The van der Waals surface area contributed by atoms with E-state index in [0.29, 0.717) is 40.0 Å². The summed E-state index contributed by atoms with van der Waals surface area (Å²) in [4.78, 5) is 4.70. The van der Waals surface area contributed by atoms with Gasteiger partial charge in [-0.3, -0.25) is 4.99 Å². The maximum absolute atomic E-state index is 6.58. The fourth-order valence-corrected chi connectivity index (χ4v) is 6.05. The van der Waals surface area contributed by atoms with Crippen LogP contribution in [-0.2, 0) is 6.61 Å². The van der Waals surface area contributed by atoms with E-state index in [1.165, 1.54) is 22.4 Å². The van der Waals surface area contributed by atoms with Crippen LogP contribution in [0.1, 0.15) is 46.2 Å². The molecule has 1 aliphatic carbocycles. The van der Waals surface area contributed by atoms with E-state index in [1.807, 2.05) is 36.4 Å². The minimum atomic E-state index is 0.261. The van der Waals surface area contributed by atoms with Crippen molar-refractivity contribution < 1.29 is 9.47 Å². The lowest BCUT2D eigenvalue weighted by molar-refractivity contribution is 0.284. The molecule has 0 spiro atoms. The van der Waals surface area contributed by atoms with Gasteiger partial charge in [-0.15, -0.1) is 0 Å². The number of benzene rings is 4. The standard InChI is InChI=1S/C34H30Cl2N2O2/c1-21-6-15-31-29(16-21)27-4-3-5-28(27)33(38-31)24-9-13-26(14-10-24)37-19-23-17-30(36)34(32(18-23)39-2)40-20-22-7-11-25(35)12-8-22/h3-4,6-19,27-28,33,38H,5,20H2,1-2H3/t27-,28+,33-/m0/s1. The van der Waals surface area contributed by atoms with Gasteiger partial charge in [0.1, 0.15) is 6.61 Å². The van der Waals surface area contributed by atoms with Gasteiger partial charge < -0.3 is 14.8 Å². The summed E-state index contributed by atoms with van der Waals surface area (Å²) in [5.74, 6) is 2.02. The van der Waals surface area contributed by atoms with Gasteiger partial charge in [0.2, 0.25) is 0 Å². The Bertz CT molecular complexity index is 1580. The van der Waals surface area contributed by atoms with Crippen LogP contribution in [0, 0.1) is 12.8 Å². The highest BCUT2D eigenvalue weighted by molar-refractivity contribution is 6.32. The molecule has 0 amide bonds. The third-order valence-electron chi connectivity index (χ3n) is 7.68. The summed E-state index contributed by atoms with van der Waals surface area (Å²) in [7, 11) is 1.60. The Morgan fingerprint density at radius 2 is 1.77 bits per heavy atom. The Hall–Kier alpha value is -3.73. The first-order chi connectivity index (χ1) is 19.5. The third-order valence-corrected chi connectivity index (χ3v) is 8.21. The van der Waals surface area contributed by atoms with Gasteiger partial charge >= 0.3 is 0 Å². The molecule has 40 heavy (non-hydrogen) atoms. The van der Waals surface area contributed by atoms with Crippen molar-refractivity contribution >= 4 is 40.8 Å². The zero-order chi connectivity index (χ0) is 27.6. The number of allylic oxidation sites excluding steroid dienone is 2. The van der Waals surface area contributed by atoms with E-state index in [9.17, 15) is 0 Å². The zero-order valence-electron chi connectivity index (χ0n) is 22.4. The van der Waals surface area contributed by atoms with Crippen LogP contribution in [0.5, 0.6) is 11.5 Å². The first-order valence-electron chi connectivity index (χ1n) is 13.4. The van der Waals surface area contributed by atoms with Crippen molar-refractivity contribution in [1.29, 1.82) is 0 Å². The number of hydrogen-bond acceptors (Lipinski definition) is 4. The summed E-state index contributed by atoms with van der Waals surface area (Å²) in [6.07, 6.45) is 7.58. The van der Waals surface area contributed by atoms with E-state index >= 15 is 0 Å². The largest absolute Gasteiger partial charge is 0.493 e. The van der Waals surface area contributed by atoms with E-state index in [4.69, 9.17) is 37.7 Å². The monoisotopic (exact) mass is 568 g/mol. The first kappa shape index (κ1) is 26.5. The van der Waals surface area contributed by atoms with Crippen molar-refractivity contribution in [1.82, 2.24) is 0 Å². The Morgan fingerprint density at radius 3 is 2.55 bits per heavy atom. The second-order valence-electron chi connectivity index (χ2n) is 10.4. The number of aliphatic imine (C=N–C) groups is 1. The summed E-state index contributed by atoms with van der Waals surface area (Å²) < 4.78 is 11.5. The minimum absolute atomic E-state index is 0.261. The molecular formula is C34H30Cl2N2O2. The average Bonchev–Trinajstić information content (AvgIpc) is 3.47. The number of aryl methyl sites for hydroxylation is 1. The SMILES string of the molecule is COc1cc(C=Nc2ccc([C@@H]3Nc4ccc(C)cc4[C@H]4C=CC[C@H]43)cc2)cc(Cl)c1OCc1ccc(Cl)cc1. The highest BCUT2D eigenvalue weighted by atomic mass is 35.5. The van der Waals surface area contributed by atoms with Crippen LogP contribution in [0.3, 0.4) is 0 Å². The quantitative estimate of drug-likeness (QED) is 0.178. The van der Waals surface area contributed by atoms with Gasteiger partial charge in [-0.2, -0.15) is 0 Å². The summed E-state index contributed by atoms with van der Waals surface area (Å²) in [6, 6.07) is 26.7. The number of nitrogens with one attached hydrogen (secondary N) is 1. The van der Waals surface area contributed by atoms with Crippen LogP contribution in [0.2, 0.25) is 10.0 Å². The van der Waals surface area contributed by atoms with Gasteiger partial charge in [0.15, 0.2) is 11.5 Å². The number of nitrogens with zero attached hydrogens (tertiary/aromatic N) is 1. The van der Waals surface area contributed by atoms with E-state index in [2.05, 4.69) is 66.9 Å². The number of ether oxygens (including phenoxy) is 2. The third kappa shape index (κ3) is 5.47. The minimum Gasteiger partial charge on any atom is -0.493 e. The molecule has 0 aromatic heterocycles. The van der Waals surface area contributed by atoms with Crippen LogP contribution >= 0.6 is 23.2 Å². The molecule has 202 valence electrons. The zero-order valence-corrected chi connectivity index (χ0v) is 23.9. The second kappa shape index (κ2) is 11.4. The first-order valence-corrected chi connectivity index (χ1v) is 14.2. The van der Waals surface area contributed by atoms with E-state index in [1.54, 1.807) is 13.3 Å². The van der Waals surface area contributed by atoms with Crippen molar-refractivity contribution in [2.24, 2.45) is 10.9 Å². The van der Waals surface area contributed by atoms with Gasteiger partial charge in [-0.05, 0) is 84.0 Å². The Kier molecular flexibility index (Phi) is 7.55. The normalized spacial score (nSPS) is 19.2. The summed E-state index contributed by atoms with van der Waals surface area (Å²) in [6.45, 7) is 2.51. The fraction of sp³-hybridized carbons (Fsp3) is 0.206.